The Hall–Kier alpha value is -0.720. The number of hydrogen-bond donors (Lipinski definition) is 2. The van der Waals surface area contributed by atoms with Crippen LogP contribution in [-0.4, -0.2) is 77.4 Å². The molecule has 0 aliphatic carbocycles. The number of hydrazine groups is 1. The summed E-state index contributed by atoms with van der Waals surface area (Å²) in [6.07, 6.45) is 0.733. The number of nitrogens with one attached hydrogen (secondary N) is 2. The number of nitrogens with zero attached hydrogens (tertiary/aromatic N) is 2. The molecule has 0 aromatic heterocycles. The summed E-state index contributed by atoms with van der Waals surface area (Å²) < 4.78 is 0. The van der Waals surface area contributed by atoms with Gasteiger partial charge < -0.3 is 10.6 Å². The quantitative estimate of drug-likeness (QED) is 0.580. The molecule has 1 aliphatic rings. The van der Waals surface area contributed by atoms with E-state index >= 15 is 0 Å². The summed E-state index contributed by atoms with van der Waals surface area (Å²) in [6.45, 7) is 0.218. The van der Waals surface area contributed by atoms with Gasteiger partial charge in [-0.2, -0.15) is 0 Å². The summed E-state index contributed by atoms with van der Waals surface area (Å²) in [6, 6.07) is 0. The molecule has 1 rings (SSSR count). The van der Waals surface area contributed by atoms with Crippen molar-refractivity contribution >= 4 is 66.8 Å². The molecule has 154 valence electrons. The van der Waals surface area contributed by atoms with Crippen molar-refractivity contribution in [3.63, 3.8) is 0 Å². The highest BCUT2D eigenvalue weighted by molar-refractivity contribution is 8.85. The lowest BCUT2D eigenvalue weighted by Gasteiger charge is -2.35. The first-order valence-corrected chi connectivity index (χ1v) is 13.5. The van der Waals surface area contributed by atoms with Crippen LogP contribution in [-0.2, 0) is 19.2 Å². The van der Waals surface area contributed by atoms with Crippen LogP contribution >= 0.6 is 43.2 Å². The third-order valence-corrected chi connectivity index (χ3v) is 9.16. The number of hydrogen-bond acceptors (Lipinski definition) is 8. The average Bonchev–Trinajstić information content (AvgIpc) is 2.68. The number of rotatable bonds is 6. The average molecular weight is 455 g/mol. The molecule has 0 bridgehead atoms. The minimum absolute atomic E-state index is 0.0957. The summed E-state index contributed by atoms with van der Waals surface area (Å²) in [5.41, 5.74) is 0. The summed E-state index contributed by atoms with van der Waals surface area (Å²) in [7, 11) is 9.68. The van der Waals surface area contributed by atoms with E-state index in [-0.39, 0.29) is 62.4 Å². The summed E-state index contributed by atoms with van der Waals surface area (Å²) in [5.74, 6) is 0.418. The molecule has 27 heavy (non-hydrogen) atoms. The fourth-order valence-electron chi connectivity index (χ4n) is 2.15. The highest BCUT2D eigenvalue weighted by atomic mass is 33.1. The van der Waals surface area contributed by atoms with Gasteiger partial charge in [0.15, 0.2) is 0 Å². The standard InChI is InChI=1S/C15H26N4O4S4/c1-16-12(20)3-7-18-14(22)5-9-24-26-11-27-25-10-6-15(23)19(18)8-4-13(21)17-2/h3-11H2,1-2H3,(H,16,20)(H,17,21). The SMILES string of the molecule is CNC(=O)CCN1C(=O)CCSSCSSCCC(=O)N1CCC(=O)NC. The minimum atomic E-state index is -0.211. The molecular formula is C15H26N4O4S4. The molecule has 0 saturated carbocycles. The Labute approximate surface area is 175 Å². The van der Waals surface area contributed by atoms with Crippen molar-refractivity contribution in [2.24, 2.45) is 0 Å². The Morgan fingerprint density at radius 1 is 0.815 bits per heavy atom. The van der Waals surface area contributed by atoms with E-state index in [1.54, 1.807) is 43.2 Å². The van der Waals surface area contributed by atoms with E-state index in [9.17, 15) is 19.2 Å². The molecule has 2 N–H and O–H groups in total. The van der Waals surface area contributed by atoms with Gasteiger partial charge in [-0.3, -0.25) is 29.2 Å². The Balaban J connectivity index is 2.96. The Kier molecular flexibility index (Phi) is 12.9. The predicted octanol–water partition coefficient (Wildman–Crippen LogP) is 1.34. The van der Waals surface area contributed by atoms with Crippen LogP contribution in [0.3, 0.4) is 0 Å². The lowest BCUT2D eigenvalue weighted by molar-refractivity contribution is -0.164. The number of carbonyl (C=O) groups is 4. The first-order chi connectivity index (χ1) is 13.0. The third-order valence-electron chi connectivity index (χ3n) is 3.59. The smallest absolute Gasteiger partial charge is 0.242 e. The predicted molar refractivity (Wildman–Crippen MR) is 115 cm³/mol. The van der Waals surface area contributed by atoms with E-state index in [4.69, 9.17) is 0 Å². The van der Waals surface area contributed by atoms with Crippen molar-refractivity contribution in [1.82, 2.24) is 20.7 Å². The fourth-order valence-corrected chi connectivity index (χ4v) is 7.45. The van der Waals surface area contributed by atoms with Crippen LogP contribution in [0.1, 0.15) is 25.7 Å². The maximum atomic E-state index is 12.8. The van der Waals surface area contributed by atoms with Gasteiger partial charge in [-0.25, -0.2) is 0 Å². The zero-order valence-electron chi connectivity index (χ0n) is 15.5. The van der Waals surface area contributed by atoms with E-state index in [1.165, 1.54) is 24.1 Å². The molecule has 0 spiro atoms. The molecule has 4 amide bonds. The second-order valence-corrected chi connectivity index (χ2v) is 10.9. The normalized spacial score (nSPS) is 17.6. The summed E-state index contributed by atoms with van der Waals surface area (Å²) in [5, 5.41) is 8.63. The molecule has 0 aromatic rings. The Morgan fingerprint density at radius 3 is 1.59 bits per heavy atom. The number of carbonyl (C=O) groups excluding carboxylic acids is 4. The van der Waals surface area contributed by atoms with Crippen LogP contribution in [0.4, 0.5) is 0 Å². The zero-order chi connectivity index (χ0) is 20.1. The van der Waals surface area contributed by atoms with Crippen LogP contribution in [0.25, 0.3) is 0 Å². The first kappa shape index (κ1) is 24.3. The van der Waals surface area contributed by atoms with Crippen LogP contribution in [0.2, 0.25) is 0 Å². The van der Waals surface area contributed by atoms with Gasteiger partial charge in [-0.15, -0.1) is 0 Å². The highest BCUT2D eigenvalue weighted by Gasteiger charge is 2.26. The van der Waals surface area contributed by atoms with Crippen molar-refractivity contribution in [2.75, 3.05) is 43.8 Å². The van der Waals surface area contributed by atoms with E-state index in [1.807, 2.05) is 0 Å². The van der Waals surface area contributed by atoms with E-state index in [0.717, 1.165) is 5.08 Å². The Morgan fingerprint density at radius 2 is 1.22 bits per heavy atom. The molecule has 0 unspecified atom stereocenters. The topological polar surface area (TPSA) is 98.8 Å². The van der Waals surface area contributed by atoms with E-state index < -0.39 is 0 Å². The van der Waals surface area contributed by atoms with Crippen LogP contribution < -0.4 is 10.6 Å². The molecule has 1 fully saturated rings. The van der Waals surface area contributed by atoms with Gasteiger partial charge in [0.2, 0.25) is 23.6 Å². The van der Waals surface area contributed by atoms with Gasteiger partial charge >= 0.3 is 0 Å². The van der Waals surface area contributed by atoms with Gasteiger partial charge in [0.25, 0.3) is 0 Å². The van der Waals surface area contributed by atoms with Gasteiger partial charge in [-0.05, 0) is 0 Å². The molecule has 0 aromatic carbocycles. The van der Waals surface area contributed by atoms with Crippen LogP contribution in [0, 0.1) is 0 Å². The summed E-state index contributed by atoms with van der Waals surface area (Å²) >= 11 is 0. The second-order valence-electron chi connectivity index (χ2n) is 5.38. The molecule has 1 heterocycles. The zero-order valence-corrected chi connectivity index (χ0v) is 18.8. The van der Waals surface area contributed by atoms with Crippen LogP contribution in [0.5, 0.6) is 0 Å². The fraction of sp³-hybridized carbons (Fsp3) is 0.733. The molecule has 0 atom stereocenters. The third kappa shape index (κ3) is 9.86. The maximum absolute atomic E-state index is 12.8. The van der Waals surface area contributed by atoms with E-state index in [2.05, 4.69) is 10.6 Å². The highest BCUT2D eigenvalue weighted by Crippen LogP contribution is 2.33. The van der Waals surface area contributed by atoms with Gasteiger partial charge in [0, 0.05) is 51.3 Å². The molecule has 0 radical (unpaired) electrons. The summed E-state index contributed by atoms with van der Waals surface area (Å²) in [4.78, 5) is 48.8. The molecule has 1 aliphatic heterocycles. The van der Waals surface area contributed by atoms with Crippen molar-refractivity contribution in [3.8, 4) is 0 Å². The molecular weight excluding hydrogens is 428 g/mol. The number of amides is 4. The van der Waals surface area contributed by atoms with E-state index in [0.29, 0.717) is 11.5 Å². The van der Waals surface area contributed by atoms with Gasteiger partial charge in [0.05, 0.1) is 18.2 Å². The van der Waals surface area contributed by atoms with Crippen molar-refractivity contribution in [1.29, 1.82) is 0 Å². The van der Waals surface area contributed by atoms with Crippen LogP contribution in [0.15, 0.2) is 0 Å². The van der Waals surface area contributed by atoms with Crippen molar-refractivity contribution < 1.29 is 19.2 Å². The minimum Gasteiger partial charge on any atom is -0.359 e. The second kappa shape index (κ2) is 14.3. The van der Waals surface area contributed by atoms with Gasteiger partial charge in [-0.1, -0.05) is 43.2 Å². The molecule has 8 nitrogen and oxygen atoms in total. The Bertz CT molecular complexity index is 480. The molecule has 1 saturated heterocycles. The van der Waals surface area contributed by atoms with Gasteiger partial charge in [0.1, 0.15) is 0 Å². The van der Waals surface area contributed by atoms with Crippen molar-refractivity contribution in [3.05, 3.63) is 0 Å². The monoisotopic (exact) mass is 454 g/mol. The lowest BCUT2D eigenvalue weighted by atomic mass is 10.3. The lowest BCUT2D eigenvalue weighted by Crippen LogP contribution is -2.52. The largest absolute Gasteiger partial charge is 0.359 e. The van der Waals surface area contributed by atoms with Crippen molar-refractivity contribution in [2.45, 2.75) is 25.7 Å². The molecule has 12 heteroatoms. The maximum Gasteiger partial charge on any atom is 0.242 e. The first-order valence-electron chi connectivity index (χ1n) is 8.50.